The van der Waals surface area contributed by atoms with Crippen LogP contribution in [-0.2, 0) is 6.54 Å². The Hall–Kier alpha value is -0.580. The predicted molar refractivity (Wildman–Crippen MR) is 78.1 cm³/mol. The van der Waals surface area contributed by atoms with Crippen molar-refractivity contribution in [1.29, 1.82) is 0 Å². The van der Waals surface area contributed by atoms with E-state index in [0.717, 1.165) is 32.3 Å². The molecule has 0 spiro atoms. The van der Waals surface area contributed by atoms with Gasteiger partial charge < -0.3 is 5.32 Å². The van der Waals surface area contributed by atoms with Crippen molar-refractivity contribution in [3.63, 3.8) is 0 Å². The van der Waals surface area contributed by atoms with Gasteiger partial charge >= 0.3 is 0 Å². The molecule has 2 rings (SSSR count). The molecule has 0 amide bonds. The molecular weight excluding hydrogens is 320 g/mol. The van der Waals surface area contributed by atoms with Crippen molar-refractivity contribution in [2.75, 3.05) is 5.32 Å². The quantitative estimate of drug-likeness (QED) is 0.875. The Morgan fingerprint density at radius 3 is 2.82 bits per heavy atom. The van der Waals surface area contributed by atoms with E-state index >= 15 is 0 Å². The minimum absolute atomic E-state index is 0.767. The van der Waals surface area contributed by atoms with E-state index in [1.165, 1.54) is 4.88 Å². The first-order chi connectivity index (χ1) is 8.06. The van der Waals surface area contributed by atoms with Crippen molar-refractivity contribution >= 4 is 44.6 Å². The van der Waals surface area contributed by atoms with Gasteiger partial charge in [-0.2, -0.15) is 0 Å². The third kappa shape index (κ3) is 3.21. The molecule has 1 aromatic heterocycles. The van der Waals surface area contributed by atoms with Gasteiger partial charge in [-0.3, -0.25) is 0 Å². The van der Waals surface area contributed by atoms with Gasteiger partial charge in [-0.1, -0.05) is 11.6 Å². The molecule has 0 atom stereocenters. The molecule has 1 N–H and O–H groups in total. The summed E-state index contributed by atoms with van der Waals surface area (Å²) >= 11 is 11.3. The van der Waals surface area contributed by atoms with Gasteiger partial charge in [0.2, 0.25) is 0 Å². The molecule has 1 aromatic carbocycles. The molecule has 0 unspecified atom stereocenters. The summed E-state index contributed by atoms with van der Waals surface area (Å²) in [5.74, 6) is 0. The first-order valence-electron chi connectivity index (χ1n) is 5.17. The molecule has 0 radical (unpaired) electrons. The van der Waals surface area contributed by atoms with E-state index in [1.807, 2.05) is 32.2 Å². The lowest BCUT2D eigenvalue weighted by atomic mass is 10.2. The number of aromatic nitrogens is 1. The number of hydrogen-bond donors (Lipinski definition) is 1. The third-order valence-electron chi connectivity index (χ3n) is 2.37. The minimum Gasteiger partial charge on any atom is -0.379 e. The van der Waals surface area contributed by atoms with Gasteiger partial charge in [-0.15, -0.1) is 11.3 Å². The standard InChI is InChI=1S/C12H12BrClN2S/c1-7-3-10(13)12(4-11(7)14)16-6-9-5-15-8(2)17-9/h3-5,16H,6H2,1-2H3. The van der Waals surface area contributed by atoms with Crippen LogP contribution in [0, 0.1) is 13.8 Å². The van der Waals surface area contributed by atoms with E-state index in [1.54, 1.807) is 11.3 Å². The molecule has 0 bridgehead atoms. The maximum absolute atomic E-state index is 6.10. The molecule has 17 heavy (non-hydrogen) atoms. The van der Waals surface area contributed by atoms with Crippen molar-refractivity contribution < 1.29 is 0 Å². The van der Waals surface area contributed by atoms with Gasteiger partial charge in [-0.25, -0.2) is 4.98 Å². The van der Waals surface area contributed by atoms with E-state index in [0.29, 0.717) is 0 Å². The molecule has 0 fully saturated rings. The second kappa shape index (κ2) is 5.38. The van der Waals surface area contributed by atoms with Crippen LogP contribution in [0.5, 0.6) is 0 Å². The molecule has 0 saturated carbocycles. The van der Waals surface area contributed by atoms with E-state index in [9.17, 15) is 0 Å². The number of rotatable bonds is 3. The molecule has 0 saturated heterocycles. The number of aryl methyl sites for hydroxylation is 2. The van der Waals surface area contributed by atoms with Gasteiger partial charge in [0, 0.05) is 20.6 Å². The average molecular weight is 332 g/mol. The molecule has 90 valence electrons. The first kappa shape index (κ1) is 12.9. The van der Waals surface area contributed by atoms with Gasteiger partial charge in [-0.05, 0) is 47.5 Å². The summed E-state index contributed by atoms with van der Waals surface area (Å²) < 4.78 is 1.03. The third-order valence-corrected chi connectivity index (χ3v) is 4.35. The lowest BCUT2D eigenvalue weighted by molar-refractivity contribution is 1.16. The van der Waals surface area contributed by atoms with Crippen molar-refractivity contribution in [3.05, 3.63) is 43.3 Å². The summed E-state index contributed by atoms with van der Waals surface area (Å²) in [4.78, 5) is 5.44. The fourth-order valence-electron chi connectivity index (χ4n) is 1.45. The fraction of sp³-hybridized carbons (Fsp3) is 0.250. The number of halogens is 2. The monoisotopic (exact) mass is 330 g/mol. The van der Waals surface area contributed by atoms with Crippen LogP contribution in [0.2, 0.25) is 5.02 Å². The zero-order chi connectivity index (χ0) is 12.4. The SMILES string of the molecule is Cc1ncc(CNc2cc(Cl)c(C)cc2Br)s1. The van der Waals surface area contributed by atoms with Crippen LogP contribution in [0.4, 0.5) is 5.69 Å². The highest BCUT2D eigenvalue weighted by Crippen LogP contribution is 2.29. The first-order valence-corrected chi connectivity index (χ1v) is 7.16. The predicted octanol–water partition coefficient (Wildman–Crippen LogP) is 4.79. The lowest BCUT2D eigenvalue weighted by Crippen LogP contribution is -1.98. The molecule has 2 nitrogen and oxygen atoms in total. The Morgan fingerprint density at radius 2 is 2.18 bits per heavy atom. The summed E-state index contributed by atoms with van der Waals surface area (Å²) in [6.07, 6.45) is 1.90. The summed E-state index contributed by atoms with van der Waals surface area (Å²) in [7, 11) is 0. The fourth-order valence-corrected chi connectivity index (χ4v) is 2.95. The van der Waals surface area contributed by atoms with E-state index in [2.05, 4.69) is 26.2 Å². The molecule has 2 aromatic rings. The molecular formula is C12H12BrClN2S. The Balaban J connectivity index is 2.11. The van der Waals surface area contributed by atoms with Crippen LogP contribution >= 0.6 is 38.9 Å². The number of anilines is 1. The highest BCUT2D eigenvalue weighted by atomic mass is 79.9. The van der Waals surface area contributed by atoms with Gasteiger partial charge in [0.25, 0.3) is 0 Å². The van der Waals surface area contributed by atoms with Crippen LogP contribution in [0.3, 0.4) is 0 Å². The summed E-state index contributed by atoms with van der Waals surface area (Å²) in [6, 6.07) is 3.96. The lowest BCUT2D eigenvalue weighted by Gasteiger charge is -2.09. The smallest absolute Gasteiger partial charge is 0.0897 e. The Bertz CT molecular complexity index is 539. The minimum atomic E-state index is 0.767. The van der Waals surface area contributed by atoms with Crippen LogP contribution < -0.4 is 5.32 Å². The number of nitrogens with zero attached hydrogens (tertiary/aromatic N) is 1. The molecule has 0 aliphatic carbocycles. The maximum Gasteiger partial charge on any atom is 0.0897 e. The number of benzene rings is 1. The number of thiazole rings is 1. The normalized spacial score (nSPS) is 10.6. The van der Waals surface area contributed by atoms with Crippen molar-refractivity contribution in [3.8, 4) is 0 Å². The second-order valence-electron chi connectivity index (χ2n) is 3.78. The van der Waals surface area contributed by atoms with Crippen LogP contribution in [0.15, 0.2) is 22.8 Å². The molecule has 5 heteroatoms. The highest BCUT2D eigenvalue weighted by molar-refractivity contribution is 9.10. The highest BCUT2D eigenvalue weighted by Gasteiger charge is 2.05. The van der Waals surface area contributed by atoms with E-state index < -0.39 is 0 Å². The number of hydrogen-bond acceptors (Lipinski definition) is 3. The van der Waals surface area contributed by atoms with Gasteiger partial charge in [0.15, 0.2) is 0 Å². The average Bonchev–Trinajstić information content (AvgIpc) is 2.68. The van der Waals surface area contributed by atoms with Crippen molar-refractivity contribution in [2.24, 2.45) is 0 Å². The summed E-state index contributed by atoms with van der Waals surface area (Å²) in [5.41, 5.74) is 2.07. The largest absolute Gasteiger partial charge is 0.379 e. The zero-order valence-corrected chi connectivity index (χ0v) is 12.7. The molecule has 1 heterocycles. The van der Waals surface area contributed by atoms with Crippen LogP contribution in [0.25, 0.3) is 0 Å². The molecule has 0 aliphatic rings. The van der Waals surface area contributed by atoms with Crippen molar-refractivity contribution in [1.82, 2.24) is 4.98 Å². The topological polar surface area (TPSA) is 24.9 Å². The summed E-state index contributed by atoms with van der Waals surface area (Å²) in [5, 5.41) is 5.21. The van der Waals surface area contributed by atoms with Crippen LogP contribution in [-0.4, -0.2) is 4.98 Å². The van der Waals surface area contributed by atoms with Crippen LogP contribution in [0.1, 0.15) is 15.4 Å². The Morgan fingerprint density at radius 1 is 1.41 bits per heavy atom. The maximum atomic E-state index is 6.10. The van der Waals surface area contributed by atoms with Crippen molar-refractivity contribution in [2.45, 2.75) is 20.4 Å². The van der Waals surface area contributed by atoms with E-state index in [4.69, 9.17) is 11.6 Å². The zero-order valence-electron chi connectivity index (χ0n) is 9.55. The van der Waals surface area contributed by atoms with Gasteiger partial charge in [0.05, 0.1) is 17.2 Å². The summed E-state index contributed by atoms with van der Waals surface area (Å²) in [6.45, 7) is 4.76. The Kier molecular flexibility index (Phi) is 4.07. The Labute approximate surface area is 118 Å². The number of nitrogens with one attached hydrogen (secondary N) is 1. The second-order valence-corrected chi connectivity index (χ2v) is 6.36. The van der Waals surface area contributed by atoms with Gasteiger partial charge in [0.1, 0.15) is 0 Å². The van der Waals surface area contributed by atoms with E-state index in [-0.39, 0.29) is 0 Å². The molecule has 0 aliphatic heterocycles.